The predicted molar refractivity (Wildman–Crippen MR) is 74.5 cm³/mol. The molecular formula is C13H15ClN4O. The van der Waals surface area contributed by atoms with E-state index < -0.39 is 0 Å². The van der Waals surface area contributed by atoms with Crippen LogP contribution in [0.4, 0.5) is 5.82 Å². The molecule has 2 heterocycles. The van der Waals surface area contributed by atoms with Crippen LogP contribution in [0.3, 0.4) is 0 Å². The smallest absolute Gasteiger partial charge is 0.275 e. The number of hydrogen-bond acceptors (Lipinski definition) is 3. The van der Waals surface area contributed by atoms with E-state index in [1.54, 1.807) is 12.1 Å². The summed E-state index contributed by atoms with van der Waals surface area (Å²) in [6.07, 6.45) is 1.43. The maximum absolute atomic E-state index is 11.9. The molecule has 0 bridgehead atoms. The maximum Gasteiger partial charge on any atom is 0.275 e. The van der Waals surface area contributed by atoms with Crippen molar-refractivity contribution in [2.45, 2.75) is 26.2 Å². The van der Waals surface area contributed by atoms with Crippen molar-refractivity contribution < 1.29 is 4.79 Å². The molecule has 0 unspecified atom stereocenters. The summed E-state index contributed by atoms with van der Waals surface area (Å²) in [7, 11) is 0. The number of aromatic amines is 1. The van der Waals surface area contributed by atoms with Gasteiger partial charge in [-0.1, -0.05) is 32.4 Å². The monoisotopic (exact) mass is 278 g/mol. The van der Waals surface area contributed by atoms with E-state index in [2.05, 4.69) is 41.3 Å². The Morgan fingerprint density at radius 2 is 2.11 bits per heavy atom. The van der Waals surface area contributed by atoms with Crippen LogP contribution in [0.1, 0.15) is 37.0 Å². The van der Waals surface area contributed by atoms with Crippen LogP contribution in [0.25, 0.3) is 0 Å². The second kappa shape index (κ2) is 5.01. The number of carbonyl (C=O) groups is 1. The van der Waals surface area contributed by atoms with Crippen molar-refractivity contribution in [3.05, 3.63) is 40.8 Å². The van der Waals surface area contributed by atoms with Gasteiger partial charge >= 0.3 is 0 Å². The molecule has 0 spiro atoms. The fourth-order valence-corrected chi connectivity index (χ4v) is 1.57. The van der Waals surface area contributed by atoms with Gasteiger partial charge < -0.3 is 5.32 Å². The minimum atomic E-state index is -0.316. The average molecular weight is 279 g/mol. The van der Waals surface area contributed by atoms with Gasteiger partial charge in [-0.25, -0.2) is 4.98 Å². The van der Waals surface area contributed by atoms with E-state index >= 15 is 0 Å². The fourth-order valence-electron chi connectivity index (χ4n) is 1.46. The molecule has 0 saturated carbocycles. The van der Waals surface area contributed by atoms with Crippen LogP contribution in [0.15, 0.2) is 24.4 Å². The van der Waals surface area contributed by atoms with Crippen molar-refractivity contribution in [2.75, 3.05) is 5.32 Å². The zero-order chi connectivity index (χ0) is 14.0. The quantitative estimate of drug-likeness (QED) is 0.887. The molecule has 2 aromatic heterocycles. The number of aromatic nitrogens is 3. The van der Waals surface area contributed by atoms with Crippen molar-refractivity contribution in [1.82, 2.24) is 15.2 Å². The lowest BCUT2D eigenvalue weighted by molar-refractivity contribution is 0.102. The normalized spacial score (nSPS) is 11.4. The lowest BCUT2D eigenvalue weighted by Crippen LogP contribution is -2.13. The van der Waals surface area contributed by atoms with Gasteiger partial charge in [-0.05, 0) is 12.1 Å². The third kappa shape index (κ3) is 3.32. The van der Waals surface area contributed by atoms with Crippen molar-refractivity contribution in [3.63, 3.8) is 0 Å². The third-order valence-corrected chi connectivity index (χ3v) is 2.81. The molecule has 0 radical (unpaired) electrons. The summed E-state index contributed by atoms with van der Waals surface area (Å²) in [5.41, 5.74) is 1.20. The molecule has 19 heavy (non-hydrogen) atoms. The van der Waals surface area contributed by atoms with Crippen LogP contribution in [0.2, 0.25) is 5.02 Å². The number of hydrogen-bond donors (Lipinski definition) is 2. The van der Waals surface area contributed by atoms with Gasteiger partial charge in [-0.3, -0.25) is 9.89 Å². The van der Waals surface area contributed by atoms with E-state index in [0.717, 1.165) is 5.69 Å². The van der Waals surface area contributed by atoms with Crippen LogP contribution >= 0.6 is 11.6 Å². The minimum Gasteiger partial charge on any atom is -0.304 e. The van der Waals surface area contributed by atoms with E-state index in [0.29, 0.717) is 16.5 Å². The van der Waals surface area contributed by atoms with Gasteiger partial charge in [-0.15, -0.1) is 0 Å². The summed E-state index contributed by atoms with van der Waals surface area (Å²) in [4.78, 5) is 15.9. The molecule has 2 N–H and O–H groups in total. The Labute approximate surface area is 116 Å². The molecule has 1 amide bonds. The number of anilines is 1. The number of pyridine rings is 1. The summed E-state index contributed by atoms with van der Waals surface area (Å²) in [5.74, 6) is 0.162. The van der Waals surface area contributed by atoms with Crippen molar-refractivity contribution in [1.29, 1.82) is 0 Å². The Morgan fingerprint density at radius 1 is 1.37 bits per heavy atom. The number of amides is 1. The molecule has 0 aromatic carbocycles. The molecule has 2 rings (SSSR count). The van der Waals surface area contributed by atoms with Gasteiger partial charge in [0.05, 0.1) is 5.02 Å². The summed E-state index contributed by atoms with van der Waals surface area (Å²) >= 11 is 5.72. The molecule has 100 valence electrons. The Morgan fingerprint density at radius 3 is 2.63 bits per heavy atom. The van der Waals surface area contributed by atoms with Crippen LogP contribution in [-0.4, -0.2) is 21.1 Å². The first-order valence-corrected chi connectivity index (χ1v) is 6.23. The molecule has 6 heteroatoms. The van der Waals surface area contributed by atoms with Crippen LogP contribution in [-0.2, 0) is 5.41 Å². The van der Waals surface area contributed by atoms with Crippen molar-refractivity contribution in [2.24, 2.45) is 0 Å². The highest BCUT2D eigenvalue weighted by Gasteiger charge is 2.17. The SMILES string of the molecule is CC(C)(C)c1cc(NC(=O)c2ccc(Cl)cn2)n[nH]1. The highest BCUT2D eigenvalue weighted by atomic mass is 35.5. The molecule has 0 aliphatic carbocycles. The predicted octanol–water partition coefficient (Wildman–Crippen LogP) is 3.01. The Hall–Kier alpha value is -1.88. The molecule has 0 saturated heterocycles. The third-order valence-electron chi connectivity index (χ3n) is 2.59. The largest absolute Gasteiger partial charge is 0.304 e. The van der Waals surface area contributed by atoms with Gasteiger partial charge in [0.1, 0.15) is 5.69 Å². The van der Waals surface area contributed by atoms with Crippen LogP contribution in [0.5, 0.6) is 0 Å². The van der Waals surface area contributed by atoms with E-state index in [1.807, 2.05) is 6.07 Å². The molecular weight excluding hydrogens is 264 g/mol. The Kier molecular flexibility index (Phi) is 3.57. The van der Waals surface area contributed by atoms with Gasteiger partial charge in [0.2, 0.25) is 0 Å². The zero-order valence-corrected chi connectivity index (χ0v) is 11.7. The molecule has 5 nitrogen and oxygen atoms in total. The zero-order valence-electron chi connectivity index (χ0n) is 11.0. The van der Waals surface area contributed by atoms with Gasteiger partial charge in [0, 0.05) is 23.4 Å². The summed E-state index contributed by atoms with van der Waals surface area (Å²) in [6.45, 7) is 6.19. The Balaban J connectivity index is 2.11. The second-order valence-corrected chi connectivity index (χ2v) is 5.67. The fraction of sp³-hybridized carbons (Fsp3) is 0.308. The number of nitrogens with one attached hydrogen (secondary N) is 2. The van der Waals surface area contributed by atoms with E-state index in [-0.39, 0.29) is 11.3 Å². The number of rotatable bonds is 2. The van der Waals surface area contributed by atoms with Crippen molar-refractivity contribution in [3.8, 4) is 0 Å². The summed E-state index contributed by atoms with van der Waals surface area (Å²) in [6, 6.07) is 5.00. The molecule has 0 aliphatic rings. The summed E-state index contributed by atoms with van der Waals surface area (Å²) < 4.78 is 0. The highest BCUT2D eigenvalue weighted by molar-refractivity contribution is 6.30. The number of H-pyrrole nitrogens is 1. The number of nitrogens with zero attached hydrogens (tertiary/aromatic N) is 2. The summed E-state index contributed by atoms with van der Waals surface area (Å²) in [5, 5.41) is 10.1. The second-order valence-electron chi connectivity index (χ2n) is 5.23. The molecule has 0 aliphatic heterocycles. The number of carbonyl (C=O) groups excluding carboxylic acids is 1. The van der Waals surface area contributed by atoms with Crippen LogP contribution < -0.4 is 5.32 Å². The highest BCUT2D eigenvalue weighted by Crippen LogP contribution is 2.22. The topological polar surface area (TPSA) is 70.7 Å². The molecule has 0 fully saturated rings. The average Bonchev–Trinajstić information content (AvgIpc) is 2.78. The first-order chi connectivity index (χ1) is 8.86. The Bertz CT molecular complexity index is 583. The molecule has 2 aromatic rings. The van der Waals surface area contributed by atoms with Gasteiger partial charge in [-0.2, -0.15) is 5.10 Å². The van der Waals surface area contributed by atoms with Crippen LogP contribution in [0, 0.1) is 0 Å². The standard InChI is InChI=1S/C13H15ClN4O/c1-13(2,3)10-6-11(18-17-10)16-12(19)9-5-4-8(14)7-15-9/h4-7H,1-3H3,(H2,16,17,18,19). The van der Waals surface area contributed by atoms with Gasteiger partial charge in [0.15, 0.2) is 5.82 Å². The van der Waals surface area contributed by atoms with E-state index in [4.69, 9.17) is 11.6 Å². The lowest BCUT2D eigenvalue weighted by atomic mass is 9.92. The first kappa shape index (κ1) is 13.5. The molecule has 0 atom stereocenters. The van der Waals surface area contributed by atoms with E-state index in [9.17, 15) is 4.79 Å². The number of halogens is 1. The van der Waals surface area contributed by atoms with Gasteiger partial charge in [0.25, 0.3) is 5.91 Å². The first-order valence-electron chi connectivity index (χ1n) is 5.85. The van der Waals surface area contributed by atoms with E-state index in [1.165, 1.54) is 6.20 Å². The van der Waals surface area contributed by atoms with Crippen molar-refractivity contribution >= 4 is 23.3 Å². The maximum atomic E-state index is 11.9. The minimum absolute atomic E-state index is 0.0471. The lowest BCUT2D eigenvalue weighted by Gasteiger charge is -2.14.